The second-order valence-corrected chi connectivity index (χ2v) is 10.2. The van der Waals surface area contributed by atoms with E-state index >= 15 is 0 Å². The summed E-state index contributed by atoms with van der Waals surface area (Å²) in [5, 5.41) is 40.8. The Hall–Kier alpha value is -2.26. The molecule has 1 aromatic carbocycles. The fourth-order valence-corrected chi connectivity index (χ4v) is 4.23. The van der Waals surface area contributed by atoms with Crippen LogP contribution in [0.1, 0.15) is 44.2 Å². The number of nitrogens with one attached hydrogen (secondary N) is 3. The number of rotatable bonds is 15. The Labute approximate surface area is 232 Å². The molecule has 5 atom stereocenters. The summed E-state index contributed by atoms with van der Waals surface area (Å²) in [6, 6.07) is 7.68. The summed E-state index contributed by atoms with van der Waals surface area (Å²) in [6.07, 6.45) is -5.78. The number of allylic oxidation sites excluding steroid dienone is 1. The maximum atomic E-state index is 14.1. The first kappa shape index (κ1) is 32.9. The van der Waals surface area contributed by atoms with Gasteiger partial charge in [-0.1, -0.05) is 38.1 Å². The number of benzene rings is 1. The third kappa shape index (κ3) is 10.3. The van der Waals surface area contributed by atoms with Crippen molar-refractivity contribution in [2.45, 2.75) is 76.7 Å². The Morgan fingerprint density at radius 1 is 1.18 bits per heavy atom. The molecule has 1 heterocycles. The van der Waals surface area contributed by atoms with Crippen molar-refractivity contribution in [2.24, 2.45) is 11.7 Å². The van der Waals surface area contributed by atoms with Gasteiger partial charge in [0.15, 0.2) is 6.17 Å². The van der Waals surface area contributed by atoms with Crippen LogP contribution in [0.25, 0.3) is 0 Å². The molecule has 1 amide bonds. The van der Waals surface area contributed by atoms with Crippen molar-refractivity contribution in [3.63, 3.8) is 0 Å². The molecular weight excluding hydrogens is 531 g/mol. The highest BCUT2D eigenvalue weighted by Crippen LogP contribution is 2.26. The molecule has 13 heteroatoms. The van der Waals surface area contributed by atoms with Crippen molar-refractivity contribution in [2.75, 3.05) is 19.7 Å². The van der Waals surface area contributed by atoms with Crippen LogP contribution in [-0.4, -0.2) is 82.1 Å². The molecule has 0 bridgehead atoms. The summed E-state index contributed by atoms with van der Waals surface area (Å²) in [5.74, 6) is -0.525. The van der Waals surface area contributed by atoms with Crippen LogP contribution in [0.5, 0.6) is 0 Å². The topological polar surface area (TPSA) is 190 Å². The minimum absolute atomic E-state index is 0.0207. The second kappa shape index (κ2) is 16.8. The molecule has 5 unspecified atom stereocenters. The highest BCUT2D eigenvalue weighted by molar-refractivity contribution is 7.91. The van der Waals surface area contributed by atoms with Crippen molar-refractivity contribution in [3.8, 4) is 0 Å². The summed E-state index contributed by atoms with van der Waals surface area (Å²) < 4.78 is 36.1. The van der Waals surface area contributed by atoms with Gasteiger partial charge in [-0.2, -0.15) is 0 Å². The highest BCUT2D eigenvalue weighted by atomic mass is 32.2. The van der Waals surface area contributed by atoms with E-state index in [9.17, 15) is 24.5 Å². The molecule has 0 spiro atoms. The van der Waals surface area contributed by atoms with Gasteiger partial charge in [-0.25, -0.2) is 9.11 Å². The van der Waals surface area contributed by atoms with Crippen LogP contribution in [-0.2, 0) is 27.1 Å². The molecule has 1 saturated heterocycles. The second-order valence-electron chi connectivity index (χ2n) is 9.72. The number of amides is 1. The minimum atomic E-state index is -2.00. The molecule has 2 rings (SSSR count). The largest absolute Gasteiger partial charge is 0.445 e. The van der Waals surface area contributed by atoms with Crippen LogP contribution in [0.4, 0.5) is 4.39 Å². The van der Waals surface area contributed by atoms with Crippen LogP contribution in [0.15, 0.2) is 35.5 Å². The van der Waals surface area contributed by atoms with E-state index in [0.29, 0.717) is 55.9 Å². The maximum Gasteiger partial charge on any atom is 0.231 e. The first-order chi connectivity index (χ1) is 18.6. The van der Waals surface area contributed by atoms with Crippen LogP contribution < -0.4 is 15.8 Å². The van der Waals surface area contributed by atoms with E-state index in [2.05, 4.69) is 10.0 Å². The summed E-state index contributed by atoms with van der Waals surface area (Å²) in [7, 11) is 0. The van der Waals surface area contributed by atoms with E-state index in [-0.39, 0.29) is 24.1 Å². The third-order valence-electron chi connectivity index (χ3n) is 6.39. The lowest BCUT2D eigenvalue weighted by atomic mass is 9.96. The summed E-state index contributed by atoms with van der Waals surface area (Å²) in [6.45, 7) is 4.13. The number of nitrogens with two attached hydrogens (primary N) is 1. The number of ether oxygens (including phenoxy) is 2. The zero-order chi connectivity index (χ0) is 28.9. The number of aliphatic hydroxyl groups is 3. The molecule has 220 valence electrons. The predicted octanol–water partition coefficient (Wildman–Crippen LogP) is 1.41. The van der Waals surface area contributed by atoms with Crippen molar-refractivity contribution < 1.29 is 38.5 Å². The molecule has 11 nitrogen and oxygen atoms in total. The monoisotopic (exact) mass is 572 g/mol. The van der Waals surface area contributed by atoms with Crippen LogP contribution in [0.3, 0.4) is 0 Å². The van der Waals surface area contributed by atoms with Crippen LogP contribution >= 0.6 is 12.2 Å². The predicted molar refractivity (Wildman–Crippen MR) is 146 cm³/mol. The van der Waals surface area contributed by atoms with Gasteiger partial charge in [0.1, 0.15) is 18.3 Å². The lowest BCUT2D eigenvalue weighted by molar-refractivity contribution is -0.269. The SMILES string of the molecule is CC(C)/C(N)=C(\Cc1ccc(CCCC(=O)NCCCNSO)cc1)C(=N)OC1OC(CO)C(F)C(O)C1O. The quantitative estimate of drug-likeness (QED) is 0.0501. The molecule has 1 aromatic rings. The van der Waals surface area contributed by atoms with Gasteiger partial charge < -0.3 is 40.4 Å². The average molecular weight is 573 g/mol. The number of carbonyl (C=O) groups is 1. The fourth-order valence-electron chi connectivity index (χ4n) is 3.99. The standard InChI is InChI=1S/C26H41FN4O7S/c1-15(2)22(28)18(25(29)38-26-24(35)23(34)21(27)19(14-32)37-26)13-17-9-7-16(8-10-17)5-3-6-20(33)30-11-4-12-31-39-36/h7-10,15,19,21,23-24,26,29,31-32,34-36H,3-6,11-14,28H2,1-2H3,(H,30,33)/b22-18-,29-25?. The number of alkyl halides is 1. The summed E-state index contributed by atoms with van der Waals surface area (Å²) in [5.41, 5.74) is 8.94. The number of halogens is 1. The van der Waals surface area contributed by atoms with E-state index < -0.39 is 37.4 Å². The molecule has 1 aliphatic heterocycles. The highest BCUT2D eigenvalue weighted by Gasteiger charge is 2.46. The average Bonchev–Trinajstić information content (AvgIpc) is 2.92. The van der Waals surface area contributed by atoms with E-state index in [1.54, 1.807) is 0 Å². The minimum Gasteiger partial charge on any atom is -0.445 e. The van der Waals surface area contributed by atoms with E-state index in [0.717, 1.165) is 17.5 Å². The van der Waals surface area contributed by atoms with Crippen molar-refractivity contribution in [1.29, 1.82) is 5.41 Å². The molecule has 9 N–H and O–H groups in total. The lowest BCUT2D eigenvalue weighted by Crippen LogP contribution is -2.58. The van der Waals surface area contributed by atoms with Gasteiger partial charge in [0.2, 0.25) is 18.1 Å². The number of aryl methyl sites for hydroxylation is 1. The van der Waals surface area contributed by atoms with Gasteiger partial charge in [0.25, 0.3) is 0 Å². The van der Waals surface area contributed by atoms with Crippen LogP contribution in [0.2, 0.25) is 0 Å². The Balaban J connectivity index is 1.96. The van der Waals surface area contributed by atoms with Gasteiger partial charge in [-0.05, 0) is 36.3 Å². The Bertz CT molecular complexity index is 949. The van der Waals surface area contributed by atoms with Gasteiger partial charge in [0.05, 0.1) is 18.8 Å². The third-order valence-corrected chi connectivity index (χ3v) is 6.73. The Kier molecular flexibility index (Phi) is 14.2. The smallest absolute Gasteiger partial charge is 0.231 e. The molecular formula is C26H41FN4O7S. The van der Waals surface area contributed by atoms with Gasteiger partial charge in [0, 0.05) is 37.2 Å². The lowest BCUT2D eigenvalue weighted by Gasteiger charge is -2.38. The van der Waals surface area contributed by atoms with E-state index in [1.165, 1.54) is 0 Å². The summed E-state index contributed by atoms with van der Waals surface area (Å²) >= 11 is 0.558. The number of carbonyl (C=O) groups excluding carboxylic acids is 1. The molecule has 1 fully saturated rings. The Morgan fingerprint density at radius 3 is 2.46 bits per heavy atom. The first-order valence-electron chi connectivity index (χ1n) is 13.0. The van der Waals surface area contributed by atoms with Crippen molar-refractivity contribution >= 4 is 24.0 Å². The normalized spacial score (nSPS) is 23.8. The zero-order valence-electron chi connectivity index (χ0n) is 22.3. The summed E-state index contributed by atoms with van der Waals surface area (Å²) in [4.78, 5) is 12.0. The van der Waals surface area contributed by atoms with E-state index in [4.69, 9.17) is 25.2 Å². The first-order valence-corrected chi connectivity index (χ1v) is 13.7. The van der Waals surface area contributed by atoms with Gasteiger partial charge in [-0.3, -0.25) is 10.2 Å². The van der Waals surface area contributed by atoms with E-state index in [1.807, 2.05) is 38.1 Å². The van der Waals surface area contributed by atoms with Crippen molar-refractivity contribution in [3.05, 3.63) is 46.7 Å². The molecule has 0 aliphatic carbocycles. The zero-order valence-corrected chi connectivity index (χ0v) is 23.1. The van der Waals surface area contributed by atoms with Crippen molar-refractivity contribution in [1.82, 2.24) is 10.0 Å². The Morgan fingerprint density at radius 2 is 1.85 bits per heavy atom. The molecule has 0 radical (unpaired) electrons. The number of hydrogen-bond acceptors (Lipinski definition) is 11. The molecule has 39 heavy (non-hydrogen) atoms. The molecule has 0 aromatic heterocycles. The molecule has 1 aliphatic rings. The van der Waals surface area contributed by atoms with Crippen LogP contribution in [0, 0.1) is 11.3 Å². The molecule has 0 saturated carbocycles. The maximum absolute atomic E-state index is 14.1. The number of hydrogen-bond donors (Lipinski definition) is 8. The fraction of sp³-hybridized carbons (Fsp3) is 0.615. The van der Waals surface area contributed by atoms with Gasteiger partial charge >= 0.3 is 0 Å². The van der Waals surface area contributed by atoms with Gasteiger partial charge in [-0.15, -0.1) is 0 Å². The number of aliphatic hydroxyl groups excluding tert-OH is 3.